The first-order valence-corrected chi connectivity index (χ1v) is 36.4. The Bertz CT molecular complexity index is 4300. The maximum Gasteiger partial charge on any atom is 0.298 e. The fourth-order valence-corrected chi connectivity index (χ4v) is 14.3. The van der Waals surface area contributed by atoms with E-state index >= 15 is 0 Å². The fourth-order valence-electron chi connectivity index (χ4n) is 14.3. The molecule has 31 heteroatoms. The Labute approximate surface area is 608 Å². The molecule has 3 aromatic carbocycles. The monoisotopic (exact) mass is 1450 g/mol. The van der Waals surface area contributed by atoms with Crippen LogP contribution in [0.2, 0.25) is 0 Å². The van der Waals surface area contributed by atoms with Gasteiger partial charge in [-0.1, -0.05) is 43.5 Å². The molecule has 1 saturated carbocycles. The van der Waals surface area contributed by atoms with Crippen LogP contribution >= 0.6 is 0 Å². The summed E-state index contributed by atoms with van der Waals surface area (Å²) in [6.45, 7) is 10.6. The lowest BCUT2D eigenvalue weighted by Gasteiger charge is -2.35. The highest BCUT2D eigenvalue weighted by Crippen LogP contribution is 2.33. The summed E-state index contributed by atoms with van der Waals surface area (Å²) in [5.74, 6) is -4.25. The first-order chi connectivity index (χ1) is 50.5. The molecule has 4 aromatic heterocycles. The summed E-state index contributed by atoms with van der Waals surface area (Å²) >= 11 is 0. The van der Waals surface area contributed by atoms with Gasteiger partial charge in [0.2, 0.25) is 52.6 Å². The fraction of sp³-hybridized carbons (Fsp3) is 0.527. The minimum absolute atomic E-state index is 0.0790. The predicted octanol–water partition coefficient (Wildman–Crippen LogP) is 2.99. The summed E-state index contributed by atoms with van der Waals surface area (Å²) in [6, 6.07) is 18.3. The van der Waals surface area contributed by atoms with Crippen LogP contribution in [0.5, 0.6) is 0 Å². The molecule has 9 N–H and O–H groups in total. The molecule has 0 spiro atoms. The van der Waals surface area contributed by atoms with Crippen molar-refractivity contribution in [1.82, 2.24) is 69.3 Å². The largest absolute Gasteiger partial charge is 0.377 e. The number of hydrogen-bond acceptors (Lipinski definition) is 16. The van der Waals surface area contributed by atoms with Crippen LogP contribution in [0.25, 0.3) is 22.1 Å². The van der Waals surface area contributed by atoms with Crippen molar-refractivity contribution in [2.75, 3.05) is 66.4 Å². The average molecular weight is 1450 g/mol. The maximum absolute atomic E-state index is 14.8. The van der Waals surface area contributed by atoms with Gasteiger partial charge in [0, 0.05) is 70.5 Å². The molecule has 564 valence electrons. The SMILES string of the molecule is CCn1nc(C)cc1C(=O)N=c1n(C)c2cc(C(N)=O)ccc2n1CCC(CCn1c(=NC(=O)c2cc(C)nn2CC)n(C)c2cc(C(N)=O)ccc21)OCC(=O)NCCOCCOCCOCC(=O)N[C@H]1C[C@@H](C(=O)NC2CCCc3ccccc32)N(C(=O)[C@@H](NC(=O)[C@H](C)NC)C2CCCCC2)C1. The van der Waals surface area contributed by atoms with E-state index in [9.17, 15) is 43.2 Å². The number of nitrogens with zero attached hydrogens (tertiary/aromatic N) is 11. The zero-order chi connectivity index (χ0) is 75.0. The van der Waals surface area contributed by atoms with Gasteiger partial charge in [0.25, 0.3) is 11.8 Å². The summed E-state index contributed by atoms with van der Waals surface area (Å²) in [6.07, 6.45) is 7.04. The lowest BCUT2D eigenvalue weighted by Crippen LogP contribution is -2.58. The van der Waals surface area contributed by atoms with Crippen LogP contribution < -0.4 is 49.3 Å². The molecule has 2 aliphatic carbocycles. The minimum atomic E-state index is -0.887. The molecule has 10 rings (SSSR count). The second-order valence-corrected chi connectivity index (χ2v) is 27.2. The molecule has 0 radical (unpaired) electrons. The van der Waals surface area contributed by atoms with E-state index in [2.05, 4.69) is 52.8 Å². The number of nitrogens with one attached hydrogen (secondary N) is 5. The zero-order valence-corrected chi connectivity index (χ0v) is 61.3. The highest BCUT2D eigenvalue weighted by molar-refractivity contribution is 5.98. The molecule has 1 unspecified atom stereocenters. The number of ether oxygens (including phenoxy) is 4. The Kier molecular flexibility index (Phi) is 26.7. The lowest BCUT2D eigenvalue weighted by atomic mass is 9.83. The molecule has 5 atom stereocenters. The van der Waals surface area contributed by atoms with Crippen LogP contribution in [-0.2, 0) is 89.6 Å². The summed E-state index contributed by atoms with van der Waals surface area (Å²) in [4.78, 5) is 133. The quantitative estimate of drug-likeness (QED) is 0.0285. The number of likely N-dealkylation sites (tertiary alicyclic amines) is 1. The van der Waals surface area contributed by atoms with Crippen molar-refractivity contribution in [1.29, 1.82) is 0 Å². The molecule has 2 fully saturated rings. The third-order valence-corrected chi connectivity index (χ3v) is 19.9. The average Bonchev–Trinajstić information content (AvgIpc) is 1.69. The molecule has 3 aliphatic rings. The number of carbonyl (C=O) groups is 9. The van der Waals surface area contributed by atoms with Gasteiger partial charge in [-0.05, 0) is 159 Å². The van der Waals surface area contributed by atoms with Gasteiger partial charge >= 0.3 is 0 Å². The molecule has 1 aliphatic heterocycles. The van der Waals surface area contributed by atoms with Gasteiger partial charge in [-0.15, -0.1) is 0 Å². The van der Waals surface area contributed by atoms with Crippen molar-refractivity contribution in [2.24, 2.45) is 41.5 Å². The van der Waals surface area contributed by atoms with Crippen LogP contribution in [-0.4, -0.2) is 193 Å². The number of primary amides is 2. The molecule has 0 bridgehead atoms. The van der Waals surface area contributed by atoms with Gasteiger partial charge in [0.1, 0.15) is 36.7 Å². The predicted molar refractivity (Wildman–Crippen MR) is 388 cm³/mol. The van der Waals surface area contributed by atoms with Crippen LogP contribution in [0.3, 0.4) is 0 Å². The van der Waals surface area contributed by atoms with Crippen molar-refractivity contribution in [3.8, 4) is 0 Å². The van der Waals surface area contributed by atoms with Crippen LogP contribution in [0.15, 0.2) is 82.8 Å². The molecule has 1 saturated heterocycles. The number of fused-ring (bicyclic) bond motifs is 3. The second-order valence-electron chi connectivity index (χ2n) is 27.2. The molecule has 9 amide bonds. The number of aryl methyl sites for hydroxylation is 9. The van der Waals surface area contributed by atoms with E-state index in [0.29, 0.717) is 46.5 Å². The topological polar surface area (TPSA) is 386 Å². The van der Waals surface area contributed by atoms with E-state index < -0.39 is 65.7 Å². The lowest BCUT2D eigenvalue weighted by molar-refractivity contribution is -0.143. The number of aromatic nitrogens is 8. The second kappa shape index (κ2) is 36.2. The van der Waals surface area contributed by atoms with E-state index in [1.165, 1.54) is 5.56 Å². The molecular formula is C74H100N18O13. The molecule has 5 heterocycles. The number of amides is 9. The van der Waals surface area contributed by atoms with Gasteiger partial charge in [0.15, 0.2) is 0 Å². The summed E-state index contributed by atoms with van der Waals surface area (Å²) in [5.41, 5.74) is 19.0. The van der Waals surface area contributed by atoms with Crippen molar-refractivity contribution in [3.63, 3.8) is 0 Å². The number of nitrogens with two attached hydrogens (primary N) is 2. The minimum Gasteiger partial charge on any atom is -0.377 e. The van der Waals surface area contributed by atoms with Crippen LogP contribution in [0, 0.1) is 19.8 Å². The Hall–Kier alpha value is -9.95. The highest BCUT2D eigenvalue weighted by atomic mass is 16.5. The normalized spacial score (nSPS) is 17.4. The first-order valence-electron chi connectivity index (χ1n) is 36.4. The number of benzene rings is 3. The van der Waals surface area contributed by atoms with Crippen molar-refractivity contribution < 1.29 is 62.1 Å². The van der Waals surface area contributed by atoms with E-state index in [1.54, 1.807) is 114 Å². The van der Waals surface area contributed by atoms with Gasteiger partial charge in [-0.25, -0.2) is 0 Å². The Morgan fingerprint density at radius 2 is 1.21 bits per heavy atom. The Morgan fingerprint density at radius 3 is 1.77 bits per heavy atom. The molecule has 105 heavy (non-hydrogen) atoms. The first kappa shape index (κ1) is 77.7. The van der Waals surface area contributed by atoms with Crippen molar-refractivity contribution in [3.05, 3.63) is 129 Å². The highest BCUT2D eigenvalue weighted by Gasteiger charge is 2.45. The zero-order valence-electron chi connectivity index (χ0n) is 61.3. The van der Waals surface area contributed by atoms with Crippen molar-refractivity contribution >= 4 is 75.2 Å². The standard InChI is InChI=1S/C74H100N18O13/c1-9-91-61(37-45(3)84-91)70(99)82-73-86(7)58-39-50(66(75)95)23-25-56(58)88(73)30-27-53(28-31-89-57-26-24-51(67(76)96)40-59(57)87(8)74(89)83-71(100)62-38-46(4)85-92(62)10-2)105-44-63(93)78-29-32-102-33-34-103-35-36-104-43-64(94)79-52-41-60(69(98)80-55-22-16-20-48-17-14-15-21-54(48)55)90(42-52)72(101)65(49-18-12-11-13-19-49)81-68(97)47(5)77-6/h14-15,17,21,23-26,37-40,47,49,52-53,55,60,65,77H,9-13,16,18-20,22,27-36,41-44H2,1-8H3,(H2,75,95)(H2,76,96)(H,78,93)(H,79,94)(H,80,98)(H,81,97)/t47-,52-,53?,55?,60-,65-/m0/s1. The Balaban J connectivity index is 0.743. The van der Waals surface area contributed by atoms with Crippen molar-refractivity contribution in [2.45, 2.75) is 168 Å². The third-order valence-electron chi connectivity index (χ3n) is 19.9. The van der Waals surface area contributed by atoms with Gasteiger partial charge < -0.3 is 80.2 Å². The number of likely N-dealkylation sites (N-methyl/N-ethyl adjacent to an activating group) is 1. The van der Waals surface area contributed by atoms with E-state index in [4.69, 9.17) is 30.4 Å². The summed E-state index contributed by atoms with van der Waals surface area (Å²) in [7, 11) is 5.15. The van der Waals surface area contributed by atoms with Gasteiger partial charge in [-0.2, -0.15) is 20.2 Å². The third kappa shape index (κ3) is 19.1. The van der Waals surface area contributed by atoms with Gasteiger partial charge in [-0.3, -0.25) is 52.5 Å². The number of rotatable bonds is 34. The van der Waals surface area contributed by atoms with Crippen LogP contribution in [0.1, 0.15) is 155 Å². The number of carbonyl (C=O) groups excluding carboxylic acids is 9. The van der Waals surface area contributed by atoms with E-state index in [0.717, 1.165) is 56.9 Å². The molecule has 7 aromatic rings. The number of imidazole rings is 2. The maximum atomic E-state index is 14.8. The van der Waals surface area contributed by atoms with E-state index in [-0.39, 0.29) is 155 Å². The molecular weight excluding hydrogens is 1350 g/mol. The number of hydrogen-bond donors (Lipinski definition) is 7. The smallest absolute Gasteiger partial charge is 0.298 e. The van der Waals surface area contributed by atoms with Crippen LogP contribution in [0.4, 0.5) is 0 Å². The summed E-state index contributed by atoms with van der Waals surface area (Å²) < 4.78 is 33.9. The molecule has 31 nitrogen and oxygen atoms in total. The van der Waals surface area contributed by atoms with E-state index in [1.807, 2.05) is 41.2 Å². The van der Waals surface area contributed by atoms with Gasteiger partial charge in [0.05, 0.1) is 84.7 Å². The Morgan fingerprint density at radius 1 is 0.648 bits per heavy atom. The summed E-state index contributed by atoms with van der Waals surface area (Å²) in [5, 5.41) is 24.0.